The Hall–Kier alpha value is -0.380. The van der Waals surface area contributed by atoms with Gasteiger partial charge in [0.1, 0.15) is 0 Å². The minimum absolute atomic E-state index is 0.412. The molecule has 0 saturated carbocycles. The predicted octanol–water partition coefficient (Wildman–Crippen LogP) is 3.69. The number of nitrogens with zero attached hydrogens (tertiary/aromatic N) is 1. The van der Waals surface area contributed by atoms with Crippen LogP contribution < -0.4 is 5.32 Å². The van der Waals surface area contributed by atoms with E-state index in [0.717, 1.165) is 5.92 Å². The maximum Gasteiger partial charge on any atom is 0.0331 e. The zero-order chi connectivity index (χ0) is 14.2. The van der Waals surface area contributed by atoms with Crippen molar-refractivity contribution in [2.45, 2.75) is 46.1 Å². The lowest BCUT2D eigenvalue weighted by molar-refractivity contribution is 0.0742. The molecule has 2 atom stereocenters. The van der Waals surface area contributed by atoms with E-state index in [9.17, 15) is 0 Å². The van der Waals surface area contributed by atoms with Crippen LogP contribution in [0.4, 0.5) is 0 Å². The molecule has 1 fully saturated rings. The van der Waals surface area contributed by atoms with Crippen LogP contribution in [0.2, 0.25) is 0 Å². The van der Waals surface area contributed by atoms with Gasteiger partial charge in [-0.25, -0.2) is 0 Å². The van der Waals surface area contributed by atoms with Crippen LogP contribution >= 0.6 is 11.3 Å². The highest BCUT2D eigenvalue weighted by Crippen LogP contribution is 2.38. The highest BCUT2D eigenvalue weighted by molar-refractivity contribution is 7.10. The van der Waals surface area contributed by atoms with E-state index in [2.05, 4.69) is 42.4 Å². The number of hydrogen-bond donors (Lipinski definition) is 1. The summed E-state index contributed by atoms with van der Waals surface area (Å²) in [6, 6.07) is 2.94. The van der Waals surface area contributed by atoms with Crippen molar-refractivity contribution in [2.75, 3.05) is 26.2 Å². The average molecular weight is 292 g/mol. The molecule has 0 aliphatic carbocycles. The molecule has 3 heteroatoms. The SMILES string of the molecule is CC1c2ccsc2CCN1CC(C)(C)C1CCCNC1. The first-order valence-corrected chi connectivity index (χ1v) is 8.97. The Kier molecular flexibility index (Phi) is 4.21. The van der Waals surface area contributed by atoms with Gasteiger partial charge in [0, 0.05) is 24.0 Å². The Morgan fingerprint density at radius 2 is 2.30 bits per heavy atom. The second kappa shape index (κ2) is 5.78. The van der Waals surface area contributed by atoms with Gasteiger partial charge < -0.3 is 5.32 Å². The lowest BCUT2D eigenvalue weighted by Gasteiger charge is -2.44. The van der Waals surface area contributed by atoms with Gasteiger partial charge in [-0.05, 0) is 67.6 Å². The fraction of sp³-hybridized carbons (Fsp3) is 0.765. The van der Waals surface area contributed by atoms with E-state index in [1.54, 1.807) is 10.4 Å². The van der Waals surface area contributed by atoms with Gasteiger partial charge in [0.05, 0.1) is 0 Å². The van der Waals surface area contributed by atoms with Gasteiger partial charge in [0.15, 0.2) is 0 Å². The fourth-order valence-electron chi connectivity index (χ4n) is 3.95. The van der Waals surface area contributed by atoms with Crippen molar-refractivity contribution in [3.05, 3.63) is 21.9 Å². The first-order valence-electron chi connectivity index (χ1n) is 8.09. The summed E-state index contributed by atoms with van der Waals surface area (Å²) in [7, 11) is 0. The molecule has 1 saturated heterocycles. The molecule has 112 valence electrons. The first-order chi connectivity index (χ1) is 9.58. The van der Waals surface area contributed by atoms with Crippen LogP contribution in [-0.2, 0) is 6.42 Å². The van der Waals surface area contributed by atoms with E-state index in [-0.39, 0.29) is 0 Å². The third-order valence-corrected chi connectivity index (χ3v) is 6.41. The lowest BCUT2D eigenvalue weighted by Crippen LogP contribution is -2.46. The van der Waals surface area contributed by atoms with E-state index in [1.165, 1.54) is 45.4 Å². The van der Waals surface area contributed by atoms with E-state index in [4.69, 9.17) is 0 Å². The highest BCUT2D eigenvalue weighted by Gasteiger charge is 2.35. The first kappa shape index (κ1) is 14.6. The third kappa shape index (κ3) is 2.81. The zero-order valence-electron chi connectivity index (χ0n) is 13.1. The summed E-state index contributed by atoms with van der Waals surface area (Å²) in [6.45, 7) is 12.2. The molecule has 0 radical (unpaired) electrons. The summed E-state index contributed by atoms with van der Waals surface area (Å²) < 4.78 is 0. The van der Waals surface area contributed by atoms with Crippen LogP contribution in [0.25, 0.3) is 0 Å². The minimum Gasteiger partial charge on any atom is -0.316 e. The third-order valence-electron chi connectivity index (χ3n) is 5.42. The van der Waals surface area contributed by atoms with Crippen LogP contribution in [0, 0.1) is 11.3 Å². The van der Waals surface area contributed by atoms with Gasteiger partial charge in [-0.2, -0.15) is 0 Å². The standard InChI is InChI=1S/C17H28N2S/c1-13-15-7-10-20-16(15)6-9-19(13)12-17(2,3)14-5-4-8-18-11-14/h7,10,13-14,18H,4-6,8-9,11-12H2,1-3H3. The van der Waals surface area contributed by atoms with Crippen LogP contribution in [0.1, 0.15) is 50.1 Å². The van der Waals surface area contributed by atoms with Gasteiger partial charge >= 0.3 is 0 Å². The highest BCUT2D eigenvalue weighted by atomic mass is 32.1. The van der Waals surface area contributed by atoms with E-state index < -0.39 is 0 Å². The van der Waals surface area contributed by atoms with E-state index in [0.29, 0.717) is 11.5 Å². The van der Waals surface area contributed by atoms with Gasteiger partial charge in [-0.1, -0.05) is 13.8 Å². The molecule has 3 heterocycles. The number of thiophene rings is 1. The average Bonchev–Trinajstić information content (AvgIpc) is 2.92. The van der Waals surface area contributed by atoms with E-state index in [1.807, 2.05) is 11.3 Å². The molecule has 0 aromatic carbocycles. The van der Waals surface area contributed by atoms with Gasteiger partial charge in [0.25, 0.3) is 0 Å². The maximum atomic E-state index is 3.58. The smallest absolute Gasteiger partial charge is 0.0331 e. The van der Waals surface area contributed by atoms with Gasteiger partial charge in [-0.3, -0.25) is 4.90 Å². The molecule has 20 heavy (non-hydrogen) atoms. The molecule has 0 spiro atoms. The summed E-state index contributed by atoms with van der Waals surface area (Å²) >= 11 is 1.94. The molecule has 2 aliphatic heterocycles. The molecular weight excluding hydrogens is 264 g/mol. The summed E-state index contributed by atoms with van der Waals surface area (Å²) in [5, 5.41) is 5.85. The summed E-state index contributed by atoms with van der Waals surface area (Å²) in [4.78, 5) is 4.33. The van der Waals surface area contributed by atoms with Crippen molar-refractivity contribution in [3.8, 4) is 0 Å². The molecule has 0 amide bonds. The number of piperidine rings is 1. The Morgan fingerprint density at radius 1 is 1.45 bits per heavy atom. The molecule has 2 nitrogen and oxygen atoms in total. The van der Waals surface area contributed by atoms with Crippen molar-refractivity contribution in [2.24, 2.45) is 11.3 Å². The molecule has 1 N–H and O–H groups in total. The second-order valence-electron chi connectivity index (χ2n) is 7.23. The van der Waals surface area contributed by atoms with E-state index >= 15 is 0 Å². The van der Waals surface area contributed by atoms with Gasteiger partial charge in [0.2, 0.25) is 0 Å². The van der Waals surface area contributed by atoms with Crippen molar-refractivity contribution < 1.29 is 0 Å². The predicted molar refractivity (Wildman–Crippen MR) is 87.4 cm³/mol. The summed E-state index contributed by atoms with van der Waals surface area (Å²) in [6.07, 6.45) is 3.99. The number of nitrogens with one attached hydrogen (secondary N) is 1. The summed E-state index contributed by atoms with van der Waals surface area (Å²) in [5.41, 5.74) is 1.99. The van der Waals surface area contributed by atoms with Crippen molar-refractivity contribution in [3.63, 3.8) is 0 Å². The van der Waals surface area contributed by atoms with Crippen molar-refractivity contribution in [1.82, 2.24) is 10.2 Å². The molecule has 3 rings (SSSR count). The molecule has 2 unspecified atom stereocenters. The largest absolute Gasteiger partial charge is 0.316 e. The quantitative estimate of drug-likeness (QED) is 0.914. The number of rotatable bonds is 3. The molecule has 2 aliphatic rings. The second-order valence-corrected chi connectivity index (χ2v) is 8.23. The molecular formula is C17H28N2S. The summed E-state index contributed by atoms with van der Waals surface area (Å²) in [5.74, 6) is 0.826. The molecule has 1 aromatic heterocycles. The Balaban J connectivity index is 1.68. The zero-order valence-corrected chi connectivity index (χ0v) is 13.9. The fourth-order valence-corrected chi connectivity index (χ4v) is 4.91. The normalized spacial score (nSPS) is 28.4. The van der Waals surface area contributed by atoms with Crippen LogP contribution in [0.5, 0.6) is 0 Å². The Labute approximate surface area is 127 Å². The Morgan fingerprint density at radius 3 is 3.05 bits per heavy atom. The van der Waals surface area contributed by atoms with Crippen LogP contribution in [0.3, 0.4) is 0 Å². The number of hydrogen-bond acceptors (Lipinski definition) is 3. The van der Waals surface area contributed by atoms with Crippen LogP contribution in [0.15, 0.2) is 11.4 Å². The van der Waals surface area contributed by atoms with Crippen molar-refractivity contribution in [1.29, 1.82) is 0 Å². The monoisotopic (exact) mass is 292 g/mol. The van der Waals surface area contributed by atoms with Crippen molar-refractivity contribution >= 4 is 11.3 Å². The molecule has 0 bridgehead atoms. The number of fused-ring (bicyclic) bond motifs is 1. The van der Waals surface area contributed by atoms with Crippen LogP contribution in [-0.4, -0.2) is 31.1 Å². The minimum atomic E-state index is 0.412. The van der Waals surface area contributed by atoms with Gasteiger partial charge in [-0.15, -0.1) is 11.3 Å². The Bertz CT molecular complexity index is 446. The molecule has 1 aromatic rings. The topological polar surface area (TPSA) is 15.3 Å². The lowest BCUT2D eigenvalue weighted by atomic mass is 9.74. The maximum absolute atomic E-state index is 3.58.